The van der Waals surface area contributed by atoms with Crippen LogP contribution in [-0.4, -0.2) is 9.97 Å². The van der Waals surface area contributed by atoms with Crippen LogP contribution in [0.15, 0.2) is 36.4 Å². The fourth-order valence-corrected chi connectivity index (χ4v) is 1.42. The number of benzene rings is 1. The number of hydrogen-bond donors (Lipinski definition) is 1. The van der Waals surface area contributed by atoms with Crippen molar-refractivity contribution < 1.29 is 13.2 Å². The summed E-state index contributed by atoms with van der Waals surface area (Å²) < 4.78 is 37.7. The van der Waals surface area contributed by atoms with Crippen LogP contribution >= 0.6 is 0 Å². The molecule has 6 heteroatoms. The molecule has 1 N–H and O–H groups in total. The van der Waals surface area contributed by atoms with E-state index < -0.39 is 11.9 Å². The SMILES string of the molecule is Cc1cc(C(F)(F)F)nc(Nc2ccccc2)n1. The van der Waals surface area contributed by atoms with Crippen LogP contribution in [0.2, 0.25) is 0 Å². The number of alkyl halides is 3. The molecule has 1 aromatic carbocycles. The van der Waals surface area contributed by atoms with E-state index in [-0.39, 0.29) is 11.6 Å². The highest BCUT2D eigenvalue weighted by atomic mass is 19.4. The first-order chi connectivity index (χ1) is 8.45. The summed E-state index contributed by atoms with van der Waals surface area (Å²) in [5.74, 6) is -0.0616. The summed E-state index contributed by atoms with van der Waals surface area (Å²) in [5.41, 5.74) is -0.0552. The number of rotatable bonds is 2. The fourth-order valence-electron chi connectivity index (χ4n) is 1.42. The quantitative estimate of drug-likeness (QED) is 0.889. The second kappa shape index (κ2) is 4.64. The highest BCUT2D eigenvalue weighted by molar-refractivity contribution is 5.52. The molecule has 0 aliphatic rings. The Morgan fingerprint density at radius 1 is 1.06 bits per heavy atom. The normalized spacial score (nSPS) is 11.3. The van der Waals surface area contributed by atoms with Crippen molar-refractivity contribution in [2.24, 2.45) is 0 Å². The first kappa shape index (κ1) is 12.3. The molecule has 0 unspecified atom stereocenters. The summed E-state index contributed by atoms with van der Waals surface area (Å²) in [7, 11) is 0. The molecule has 0 spiro atoms. The fraction of sp³-hybridized carbons (Fsp3) is 0.167. The summed E-state index contributed by atoms with van der Waals surface area (Å²) >= 11 is 0. The van der Waals surface area contributed by atoms with Gasteiger partial charge in [-0.2, -0.15) is 13.2 Å². The first-order valence-electron chi connectivity index (χ1n) is 5.20. The van der Waals surface area contributed by atoms with E-state index in [2.05, 4.69) is 15.3 Å². The lowest BCUT2D eigenvalue weighted by Crippen LogP contribution is -2.11. The van der Waals surface area contributed by atoms with Crippen molar-refractivity contribution in [3.8, 4) is 0 Å². The Bertz CT molecular complexity index is 538. The van der Waals surface area contributed by atoms with Crippen LogP contribution in [0.1, 0.15) is 11.4 Å². The molecule has 2 rings (SSSR count). The van der Waals surface area contributed by atoms with Gasteiger partial charge in [-0.15, -0.1) is 0 Å². The average molecular weight is 253 g/mol. The highest BCUT2D eigenvalue weighted by Crippen LogP contribution is 2.28. The van der Waals surface area contributed by atoms with E-state index in [0.717, 1.165) is 6.07 Å². The number of anilines is 2. The minimum atomic E-state index is -4.47. The molecular formula is C12H10F3N3. The number of para-hydroxylation sites is 1. The smallest absolute Gasteiger partial charge is 0.324 e. The van der Waals surface area contributed by atoms with E-state index in [1.807, 2.05) is 6.07 Å². The van der Waals surface area contributed by atoms with Crippen molar-refractivity contribution in [3.63, 3.8) is 0 Å². The standard InChI is InChI=1S/C12H10F3N3/c1-8-7-10(12(13,14)15)18-11(16-8)17-9-5-3-2-4-6-9/h2-7H,1H3,(H,16,17,18). The van der Waals surface area contributed by atoms with Crippen LogP contribution in [0.3, 0.4) is 0 Å². The molecule has 94 valence electrons. The maximum Gasteiger partial charge on any atom is 0.433 e. The van der Waals surface area contributed by atoms with Crippen LogP contribution in [0.5, 0.6) is 0 Å². The van der Waals surface area contributed by atoms with Gasteiger partial charge >= 0.3 is 6.18 Å². The van der Waals surface area contributed by atoms with Gasteiger partial charge in [0, 0.05) is 11.4 Å². The van der Waals surface area contributed by atoms with Crippen molar-refractivity contribution in [2.75, 3.05) is 5.32 Å². The Hall–Kier alpha value is -2.11. The predicted octanol–water partition coefficient (Wildman–Crippen LogP) is 3.55. The summed E-state index contributed by atoms with van der Waals surface area (Å²) in [6.07, 6.45) is -4.47. The summed E-state index contributed by atoms with van der Waals surface area (Å²) in [4.78, 5) is 7.37. The zero-order valence-electron chi connectivity index (χ0n) is 9.49. The van der Waals surface area contributed by atoms with Crippen molar-refractivity contribution >= 4 is 11.6 Å². The minimum absolute atomic E-state index is 0.0616. The Morgan fingerprint density at radius 3 is 2.33 bits per heavy atom. The Balaban J connectivity index is 2.32. The van der Waals surface area contributed by atoms with E-state index in [1.165, 1.54) is 6.92 Å². The van der Waals surface area contributed by atoms with Gasteiger partial charge in [0.25, 0.3) is 0 Å². The van der Waals surface area contributed by atoms with Gasteiger partial charge in [0.2, 0.25) is 5.95 Å². The minimum Gasteiger partial charge on any atom is -0.324 e. The number of halogens is 3. The van der Waals surface area contributed by atoms with Crippen molar-refractivity contribution in [3.05, 3.63) is 47.8 Å². The van der Waals surface area contributed by atoms with Crippen molar-refractivity contribution in [1.29, 1.82) is 0 Å². The van der Waals surface area contributed by atoms with Crippen LogP contribution in [0.4, 0.5) is 24.8 Å². The average Bonchev–Trinajstić information content (AvgIpc) is 2.28. The molecule has 0 bridgehead atoms. The monoisotopic (exact) mass is 253 g/mol. The van der Waals surface area contributed by atoms with E-state index in [9.17, 15) is 13.2 Å². The predicted molar refractivity (Wildman–Crippen MR) is 61.5 cm³/mol. The zero-order valence-corrected chi connectivity index (χ0v) is 9.49. The maximum atomic E-state index is 12.6. The van der Waals surface area contributed by atoms with Crippen LogP contribution in [0.25, 0.3) is 0 Å². The molecule has 0 saturated carbocycles. The number of nitrogens with one attached hydrogen (secondary N) is 1. The lowest BCUT2D eigenvalue weighted by Gasteiger charge is -2.10. The van der Waals surface area contributed by atoms with Gasteiger partial charge in [0.15, 0.2) is 0 Å². The molecule has 2 aromatic rings. The third kappa shape index (κ3) is 2.97. The number of aryl methyl sites for hydroxylation is 1. The van der Waals surface area contributed by atoms with Gasteiger partial charge in [-0.05, 0) is 25.1 Å². The van der Waals surface area contributed by atoms with Gasteiger partial charge in [-0.1, -0.05) is 18.2 Å². The molecule has 0 fully saturated rings. The molecule has 0 saturated heterocycles. The molecule has 0 aliphatic carbocycles. The number of nitrogens with zero attached hydrogens (tertiary/aromatic N) is 2. The molecule has 3 nitrogen and oxygen atoms in total. The van der Waals surface area contributed by atoms with Crippen LogP contribution in [-0.2, 0) is 6.18 Å². The van der Waals surface area contributed by atoms with E-state index in [4.69, 9.17) is 0 Å². The largest absolute Gasteiger partial charge is 0.433 e. The van der Waals surface area contributed by atoms with Gasteiger partial charge in [-0.25, -0.2) is 9.97 Å². The lowest BCUT2D eigenvalue weighted by molar-refractivity contribution is -0.141. The van der Waals surface area contributed by atoms with Gasteiger partial charge in [-0.3, -0.25) is 0 Å². The van der Waals surface area contributed by atoms with Crippen molar-refractivity contribution in [2.45, 2.75) is 13.1 Å². The molecule has 0 aliphatic heterocycles. The second-order valence-electron chi connectivity index (χ2n) is 3.71. The third-order valence-corrected chi connectivity index (χ3v) is 2.17. The Labute approximate surface area is 102 Å². The van der Waals surface area contributed by atoms with Gasteiger partial charge in [0.1, 0.15) is 5.69 Å². The molecule has 18 heavy (non-hydrogen) atoms. The second-order valence-corrected chi connectivity index (χ2v) is 3.71. The van der Waals surface area contributed by atoms with Crippen LogP contribution < -0.4 is 5.32 Å². The first-order valence-corrected chi connectivity index (χ1v) is 5.20. The summed E-state index contributed by atoms with van der Waals surface area (Å²) in [6.45, 7) is 1.49. The highest BCUT2D eigenvalue weighted by Gasteiger charge is 2.33. The third-order valence-electron chi connectivity index (χ3n) is 2.17. The molecule has 1 heterocycles. The van der Waals surface area contributed by atoms with E-state index >= 15 is 0 Å². The lowest BCUT2D eigenvalue weighted by atomic mass is 10.3. The molecular weight excluding hydrogens is 243 g/mol. The number of hydrogen-bond acceptors (Lipinski definition) is 3. The zero-order chi connectivity index (χ0) is 13.2. The molecule has 0 atom stereocenters. The molecule has 1 aromatic heterocycles. The molecule has 0 radical (unpaired) electrons. The maximum absolute atomic E-state index is 12.6. The van der Waals surface area contributed by atoms with Gasteiger partial charge < -0.3 is 5.32 Å². The van der Waals surface area contributed by atoms with Crippen molar-refractivity contribution in [1.82, 2.24) is 9.97 Å². The Kier molecular flexibility index (Phi) is 3.18. The molecule has 0 amide bonds. The van der Waals surface area contributed by atoms with E-state index in [1.54, 1.807) is 24.3 Å². The topological polar surface area (TPSA) is 37.8 Å². The van der Waals surface area contributed by atoms with Gasteiger partial charge in [0.05, 0.1) is 0 Å². The number of aromatic nitrogens is 2. The Morgan fingerprint density at radius 2 is 1.72 bits per heavy atom. The summed E-state index contributed by atoms with van der Waals surface area (Å²) in [6, 6.07) is 9.70. The van der Waals surface area contributed by atoms with Crippen LogP contribution in [0, 0.1) is 6.92 Å². The van der Waals surface area contributed by atoms with E-state index in [0.29, 0.717) is 5.69 Å². The summed E-state index contributed by atoms with van der Waals surface area (Å²) in [5, 5.41) is 2.74.